The number of rotatable bonds is 4. The highest BCUT2D eigenvalue weighted by Gasteiger charge is 2.29. The number of benzene rings is 1. The fourth-order valence-corrected chi connectivity index (χ4v) is 2.35. The molecule has 0 saturated carbocycles. The van der Waals surface area contributed by atoms with E-state index in [-0.39, 0.29) is 17.8 Å². The summed E-state index contributed by atoms with van der Waals surface area (Å²) in [6.45, 7) is 3.90. The second kappa shape index (κ2) is 6.65. The van der Waals surface area contributed by atoms with Crippen LogP contribution in [0.4, 0.5) is 16.2 Å². The Morgan fingerprint density at radius 1 is 1.41 bits per heavy atom. The molecule has 22 heavy (non-hydrogen) atoms. The van der Waals surface area contributed by atoms with E-state index in [1.54, 1.807) is 25.1 Å². The highest BCUT2D eigenvalue weighted by atomic mass is 35.5. The highest BCUT2D eigenvalue weighted by molar-refractivity contribution is 6.34. The van der Waals surface area contributed by atoms with E-state index in [0.29, 0.717) is 29.5 Å². The number of nitrogens with zero attached hydrogens (tertiary/aromatic N) is 1. The van der Waals surface area contributed by atoms with Crippen molar-refractivity contribution in [2.45, 2.75) is 19.9 Å². The van der Waals surface area contributed by atoms with Crippen molar-refractivity contribution in [2.24, 2.45) is 0 Å². The van der Waals surface area contributed by atoms with Gasteiger partial charge < -0.3 is 16.0 Å². The molecule has 0 radical (unpaired) electrons. The molecule has 4 amide bonds. The number of halogens is 1. The van der Waals surface area contributed by atoms with Crippen LogP contribution in [0.1, 0.15) is 13.8 Å². The number of hydrogen-bond donors (Lipinski definition) is 3. The van der Waals surface area contributed by atoms with Gasteiger partial charge in [-0.1, -0.05) is 11.6 Å². The van der Waals surface area contributed by atoms with Crippen molar-refractivity contribution in [3.8, 4) is 0 Å². The Labute approximate surface area is 133 Å². The molecule has 3 N–H and O–H groups in total. The molecule has 1 saturated heterocycles. The van der Waals surface area contributed by atoms with E-state index in [4.69, 9.17) is 11.6 Å². The topological polar surface area (TPSA) is 90.5 Å². The van der Waals surface area contributed by atoms with Crippen LogP contribution in [0.25, 0.3) is 0 Å². The van der Waals surface area contributed by atoms with Crippen LogP contribution in [-0.2, 0) is 9.59 Å². The van der Waals surface area contributed by atoms with E-state index in [2.05, 4.69) is 16.0 Å². The smallest absolute Gasteiger partial charge is 0.324 e. The lowest BCUT2D eigenvalue weighted by Gasteiger charge is -2.20. The van der Waals surface area contributed by atoms with Gasteiger partial charge >= 0.3 is 6.03 Å². The first kappa shape index (κ1) is 16.1. The monoisotopic (exact) mass is 324 g/mol. The van der Waals surface area contributed by atoms with Gasteiger partial charge in [-0.15, -0.1) is 0 Å². The highest BCUT2D eigenvalue weighted by Crippen LogP contribution is 2.26. The van der Waals surface area contributed by atoms with Gasteiger partial charge in [0.25, 0.3) is 5.91 Å². The molecule has 7 nitrogen and oxygen atoms in total. The molecule has 0 aliphatic carbocycles. The number of carbonyl (C=O) groups is 3. The normalized spacial score (nSPS) is 15.2. The predicted molar refractivity (Wildman–Crippen MR) is 84.0 cm³/mol. The van der Waals surface area contributed by atoms with Gasteiger partial charge in [-0.05, 0) is 25.1 Å². The molecule has 0 aromatic heterocycles. The van der Waals surface area contributed by atoms with Crippen LogP contribution >= 0.6 is 11.6 Å². The first-order chi connectivity index (χ1) is 10.4. The van der Waals surface area contributed by atoms with Gasteiger partial charge in [-0.25, -0.2) is 4.79 Å². The number of nitrogens with one attached hydrogen (secondary N) is 3. The van der Waals surface area contributed by atoms with Crippen molar-refractivity contribution in [1.29, 1.82) is 0 Å². The van der Waals surface area contributed by atoms with Gasteiger partial charge in [0, 0.05) is 25.7 Å². The Kier molecular flexibility index (Phi) is 4.87. The van der Waals surface area contributed by atoms with Crippen molar-refractivity contribution in [3.63, 3.8) is 0 Å². The molecule has 2 rings (SSSR count). The summed E-state index contributed by atoms with van der Waals surface area (Å²) in [4.78, 5) is 35.8. The average molecular weight is 325 g/mol. The SMILES string of the molecule is CC(=O)Nc1ccc(NC(C)C(=O)N2CCNC2=O)cc1Cl. The predicted octanol–water partition coefficient (Wildman–Crippen LogP) is 1.65. The average Bonchev–Trinajstić information content (AvgIpc) is 2.86. The van der Waals surface area contributed by atoms with Crippen molar-refractivity contribution in [3.05, 3.63) is 23.2 Å². The second-order valence-electron chi connectivity index (χ2n) is 4.96. The van der Waals surface area contributed by atoms with Crippen molar-refractivity contribution >= 4 is 40.8 Å². The van der Waals surface area contributed by atoms with Gasteiger partial charge in [0.15, 0.2) is 0 Å². The molecule has 0 spiro atoms. The van der Waals surface area contributed by atoms with Crippen molar-refractivity contribution in [2.75, 3.05) is 23.7 Å². The lowest BCUT2D eigenvalue weighted by atomic mass is 10.2. The molecule has 0 bridgehead atoms. The zero-order valence-electron chi connectivity index (χ0n) is 12.3. The second-order valence-corrected chi connectivity index (χ2v) is 5.37. The summed E-state index contributed by atoms with van der Waals surface area (Å²) in [5.41, 5.74) is 1.12. The standard InChI is InChI=1S/C14H17ClN4O3/c1-8(13(21)19-6-5-16-14(19)22)17-10-3-4-12(11(15)7-10)18-9(2)20/h3-4,7-8,17H,5-6H2,1-2H3,(H,16,22)(H,18,20). The van der Waals surface area contributed by atoms with E-state index in [0.717, 1.165) is 0 Å². The third kappa shape index (κ3) is 3.67. The summed E-state index contributed by atoms with van der Waals surface area (Å²) in [5, 5.41) is 8.53. The summed E-state index contributed by atoms with van der Waals surface area (Å²) in [6, 6.07) is 4.00. The summed E-state index contributed by atoms with van der Waals surface area (Å²) in [7, 11) is 0. The number of urea groups is 1. The maximum atomic E-state index is 12.2. The van der Waals surface area contributed by atoms with Gasteiger partial charge in [0.1, 0.15) is 6.04 Å². The summed E-state index contributed by atoms with van der Waals surface area (Å²) >= 11 is 6.07. The summed E-state index contributed by atoms with van der Waals surface area (Å²) < 4.78 is 0. The number of carbonyl (C=O) groups excluding carboxylic acids is 3. The lowest BCUT2D eigenvalue weighted by Crippen LogP contribution is -2.43. The van der Waals surface area contributed by atoms with Crippen LogP contribution < -0.4 is 16.0 Å². The number of hydrogen-bond acceptors (Lipinski definition) is 4. The van der Waals surface area contributed by atoms with Crippen LogP contribution in [0, 0.1) is 0 Å². The number of anilines is 2. The minimum absolute atomic E-state index is 0.216. The molecular weight excluding hydrogens is 308 g/mol. The molecule has 1 aliphatic rings. The fourth-order valence-electron chi connectivity index (χ4n) is 2.12. The quantitative estimate of drug-likeness (QED) is 0.785. The van der Waals surface area contributed by atoms with E-state index < -0.39 is 6.04 Å². The molecule has 8 heteroatoms. The molecule has 1 heterocycles. The van der Waals surface area contributed by atoms with Crippen molar-refractivity contribution < 1.29 is 14.4 Å². The van der Waals surface area contributed by atoms with Crippen LogP contribution in [0.2, 0.25) is 5.02 Å². The minimum Gasteiger partial charge on any atom is -0.374 e. The first-order valence-electron chi connectivity index (χ1n) is 6.81. The Bertz CT molecular complexity index is 620. The van der Waals surface area contributed by atoms with E-state index in [1.165, 1.54) is 11.8 Å². The third-order valence-corrected chi connectivity index (χ3v) is 3.47. The molecule has 1 aromatic carbocycles. The minimum atomic E-state index is -0.577. The largest absolute Gasteiger partial charge is 0.374 e. The summed E-state index contributed by atoms with van der Waals surface area (Å²) in [5.74, 6) is -0.525. The van der Waals surface area contributed by atoms with Crippen LogP contribution in [0.15, 0.2) is 18.2 Å². The van der Waals surface area contributed by atoms with Gasteiger partial charge in [-0.2, -0.15) is 0 Å². The van der Waals surface area contributed by atoms with E-state index in [9.17, 15) is 14.4 Å². The van der Waals surface area contributed by atoms with Crippen LogP contribution in [-0.4, -0.2) is 41.9 Å². The molecule has 1 atom stereocenters. The third-order valence-electron chi connectivity index (χ3n) is 3.16. The Hall–Kier alpha value is -2.28. The van der Waals surface area contributed by atoms with Crippen LogP contribution in [0.3, 0.4) is 0 Å². The number of imide groups is 1. The van der Waals surface area contributed by atoms with Gasteiger partial charge in [0.2, 0.25) is 5.91 Å². The summed E-state index contributed by atoms with van der Waals surface area (Å²) in [6.07, 6.45) is 0. The van der Waals surface area contributed by atoms with E-state index >= 15 is 0 Å². The first-order valence-corrected chi connectivity index (χ1v) is 7.19. The molecule has 1 aliphatic heterocycles. The van der Waals surface area contributed by atoms with Crippen molar-refractivity contribution in [1.82, 2.24) is 10.2 Å². The molecule has 1 aromatic rings. The maximum absolute atomic E-state index is 12.2. The van der Waals surface area contributed by atoms with Gasteiger partial charge in [-0.3, -0.25) is 14.5 Å². The molecule has 1 unspecified atom stereocenters. The lowest BCUT2D eigenvalue weighted by molar-refractivity contribution is -0.128. The van der Waals surface area contributed by atoms with Gasteiger partial charge in [0.05, 0.1) is 10.7 Å². The zero-order chi connectivity index (χ0) is 16.3. The molecule has 1 fully saturated rings. The maximum Gasteiger partial charge on any atom is 0.324 e. The molecular formula is C14H17ClN4O3. The van der Waals surface area contributed by atoms with Crippen LogP contribution in [0.5, 0.6) is 0 Å². The fraction of sp³-hybridized carbons (Fsp3) is 0.357. The molecule has 118 valence electrons. The Balaban J connectivity index is 2.03. The number of amides is 4. The zero-order valence-corrected chi connectivity index (χ0v) is 13.0. The van der Waals surface area contributed by atoms with E-state index in [1.807, 2.05) is 0 Å². The Morgan fingerprint density at radius 2 is 2.14 bits per heavy atom. The Morgan fingerprint density at radius 3 is 2.68 bits per heavy atom.